The van der Waals surface area contributed by atoms with Gasteiger partial charge in [-0.25, -0.2) is 24.5 Å². The van der Waals surface area contributed by atoms with Crippen molar-refractivity contribution in [3.05, 3.63) is 99.1 Å². The molecular formula is C53H64Br2N12O5. The van der Waals surface area contributed by atoms with Gasteiger partial charge in [-0.2, -0.15) is 10.5 Å². The normalized spacial score (nSPS) is 17.9. The van der Waals surface area contributed by atoms with E-state index in [2.05, 4.69) is 64.1 Å². The minimum Gasteiger partial charge on any atom is -0.444 e. The summed E-state index contributed by atoms with van der Waals surface area (Å²) in [5, 5.41) is 18.3. The first kappa shape index (κ1) is 54.6. The molecule has 0 aliphatic carbocycles. The third-order valence-corrected chi connectivity index (χ3v) is 13.3. The van der Waals surface area contributed by atoms with Crippen molar-refractivity contribution >= 4 is 83.9 Å². The quantitative estimate of drug-likeness (QED) is 0.0729. The van der Waals surface area contributed by atoms with Gasteiger partial charge in [-0.1, -0.05) is 24.3 Å². The van der Waals surface area contributed by atoms with Crippen LogP contribution in [0.5, 0.6) is 0 Å². The Balaban J connectivity index is 0.000000166. The number of nitrogens with zero attached hydrogens (tertiary/aromatic N) is 8. The van der Waals surface area contributed by atoms with Crippen molar-refractivity contribution in [3.8, 4) is 23.4 Å². The number of hydrogen-bond acceptors (Lipinski definition) is 13. The van der Waals surface area contributed by atoms with E-state index in [9.17, 15) is 14.4 Å². The summed E-state index contributed by atoms with van der Waals surface area (Å²) in [7, 11) is 0. The maximum absolute atomic E-state index is 12.3. The molecule has 2 amide bonds. The first-order chi connectivity index (χ1) is 34.2. The van der Waals surface area contributed by atoms with Crippen LogP contribution in [0.1, 0.15) is 109 Å². The van der Waals surface area contributed by atoms with Crippen LogP contribution in [0, 0.1) is 28.7 Å². The molecule has 72 heavy (non-hydrogen) atoms. The van der Waals surface area contributed by atoms with Crippen LogP contribution in [0.4, 0.5) is 21.0 Å². The van der Waals surface area contributed by atoms with Crippen molar-refractivity contribution in [3.63, 3.8) is 0 Å². The van der Waals surface area contributed by atoms with E-state index < -0.39 is 11.2 Å². The summed E-state index contributed by atoms with van der Waals surface area (Å²) in [5.41, 5.74) is 17.3. The van der Waals surface area contributed by atoms with Gasteiger partial charge in [-0.3, -0.25) is 0 Å². The van der Waals surface area contributed by atoms with E-state index in [4.69, 9.17) is 36.4 Å². The van der Waals surface area contributed by atoms with Gasteiger partial charge >= 0.3 is 12.2 Å². The predicted octanol–water partition coefficient (Wildman–Crippen LogP) is 11.0. The van der Waals surface area contributed by atoms with Gasteiger partial charge in [-0.05, 0) is 160 Å². The molecule has 6 aromatic rings. The maximum Gasteiger partial charge on any atom is 0.410 e. The van der Waals surface area contributed by atoms with Crippen LogP contribution in [0.3, 0.4) is 0 Å². The summed E-state index contributed by atoms with van der Waals surface area (Å²) in [5.74, 6) is 2.23. The molecule has 3 saturated heterocycles. The van der Waals surface area contributed by atoms with E-state index in [1.165, 1.54) is 0 Å². The number of H-pyrrole nitrogens is 2. The lowest BCUT2D eigenvalue weighted by Gasteiger charge is -2.33. The number of amides is 2. The Labute approximate surface area is 437 Å². The first-order valence-electron chi connectivity index (χ1n) is 24.1. The second-order valence-electron chi connectivity index (χ2n) is 20.0. The molecular weight excluding hydrogens is 1040 g/mol. The zero-order valence-electron chi connectivity index (χ0n) is 41.8. The molecule has 9 rings (SSSR count). The third kappa shape index (κ3) is 15.2. The van der Waals surface area contributed by atoms with E-state index in [0.717, 1.165) is 106 Å². The minimum atomic E-state index is -0.467. The number of aromatic nitrogens is 5. The molecule has 3 aromatic carbocycles. The Morgan fingerprint density at radius 3 is 2.00 bits per heavy atom. The number of benzene rings is 3. The second-order valence-corrected chi connectivity index (χ2v) is 21.7. The number of hydrogen-bond donors (Lipinski definition) is 4. The van der Waals surface area contributed by atoms with Gasteiger partial charge in [0.05, 0.1) is 34.0 Å². The number of nitrogens with one attached hydrogen (secondary N) is 2. The van der Waals surface area contributed by atoms with Crippen molar-refractivity contribution in [2.24, 2.45) is 5.92 Å². The highest BCUT2D eigenvalue weighted by Gasteiger charge is 2.31. The van der Waals surface area contributed by atoms with Gasteiger partial charge in [0.15, 0.2) is 11.8 Å². The highest BCUT2D eigenvalue weighted by molar-refractivity contribution is 9.11. The van der Waals surface area contributed by atoms with Crippen LogP contribution in [0.15, 0.2) is 81.9 Å². The molecule has 6 N–H and O–H groups in total. The number of fused-ring (bicyclic) bond motifs is 2. The number of piperidine rings is 3. The molecule has 380 valence electrons. The van der Waals surface area contributed by atoms with Crippen LogP contribution in [-0.2, 0) is 14.3 Å². The molecule has 0 spiro atoms. The maximum atomic E-state index is 12.3. The zero-order chi connectivity index (χ0) is 52.2. The molecule has 3 aliphatic heterocycles. The van der Waals surface area contributed by atoms with Crippen molar-refractivity contribution < 1.29 is 23.9 Å². The van der Waals surface area contributed by atoms with E-state index in [1.807, 2.05) is 96.1 Å². The Kier molecular flexibility index (Phi) is 18.7. The van der Waals surface area contributed by atoms with Crippen molar-refractivity contribution in [1.29, 1.82) is 10.5 Å². The van der Waals surface area contributed by atoms with E-state index in [0.29, 0.717) is 48.8 Å². The molecule has 3 fully saturated rings. The van der Waals surface area contributed by atoms with Gasteiger partial charge in [-0.15, -0.1) is 0 Å². The van der Waals surface area contributed by atoms with Gasteiger partial charge in [0.25, 0.3) is 0 Å². The molecule has 3 atom stereocenters. The van der Waals surface area contributed by atoms with Crippen molar-refractivity contribution in [2.75, 3.05) is 50.7 Å². The number of pyridine rings is 1. The van der Waals surface area contributed by atoms with Gasteiger partial charge in [0, 0.05) is 77.7 Å². The number of para-hydroxylation sites is 2. The molecule has 0 radical (unpaired) electrons. The lowest BCUT2D eigenvalue weighted by atomic mass is 9.98. The molecule has 3 aliphatic rings. The Morgan fingerprint density at radius 2 is 1.38 bits per heavy atom. The van der Waals surface area contributed by atoms with Crippen LogP contribution < -0.4 is 11.5 Å². The van der Waals surface area contributed by atoms with E-state index >= 15 is 0 Å². The monoisotopic (exact) mass is 1110 g/mol. The van der Waals surface area contributed by atoms with Gasteiger partial charge in [0.2, 0.25) is 0 Å². The largest absolute Gasteiger partial charge is 0.444 e. The summed E-state index contributed by atoms with van der Waals surface area (Å²) in [6, 6.07) is 23.1. The second kappa shape index (κ2) is 24.6. The van der Waals surface area contributed by atoms with E-state index in [-0.39, 0.29) is 29.9 Å². The molecule has 6 heterocycles. The van der Waals surface area contributed by atoms with Gasteiger partial charge < -0.3 is 50.4 Å². The summed E-state index contributed by atoms with van der Waals surface area (Å²) in [6.07, 6.45) is 10.1. The highest BCUT2D eigenvalue weighted by atomic mass is 79.9. The summed E-state index contributed by atoms with van der Waals surface area (Å²) >= 11 is 6.78. The van der Waals surface area contributed by atoms with Crippen LogP contribution in [0.2, 0.25) is 0 Å². The molecule has 3 unspecified atom stereocenters. The van der Waals surface area contributed by atoms with Crippen LogP contribution in [0.25, 0.3) is 33.3 Å². The molecule has 17 nitrogen and oxygen atoms in total. The average molecular weight is 1110 g/mol. The standard InChI is InChI=1S/C19H16N6.C17H22BrN3O2.C11H19NO3.C6H7BrN2/c20-10-13-3-1-4-14(9-13)16-6-7-22-19-17(16)23-18(24-19)15-5-2-8-25(11-15)12-21;1-17(2,3)23-16(22)21-9-5-6-11(10-21)15-19-13-8-4-7-12(18)14(13)20-15;1-11(2,3)15-10(14)12-6-4-5-9(7-12)8-13;7-4-2-1-3-5(8)6(4)9/h1,3-4,6-7,9,15H,2,5,8,11H2,(H,22,23,24);4,7-8,11H,5-6,9-10H2,1-3H3,(H,19,20);8-9H,4-7H2,1-3H3;1-3H,8-9H2. The number of aromatic amines is 2. The zero-order valence-corrected chi connectivity index (χ0v) is 44.9. The van der Waals surface area contributed by atoms with Crippen LogP contribution in [-0.4, -0.2) is 109 Å². The van der Waals surface area contributed by atoms with Crippen molar-refractivity contribution in [2.45, 2.75) is 103 Å². The number of imidazole rings is 2. The summed E-state index contributed by atoms with van der Waals surface area (Å²) in [4.78, 5) is 60.4. The Hall–Kier alpha value is -6.70. The summed E-state index contributed by atoms with van der Waals surface area (Å²) in [6.45, 7) is 15.3. The topological polar surface area (TPSA) is 249 Å². The predicted molar refractivity (Wildman–Crippen MR) is 286 cm³/mol. The number of nitriles is 2. The number of halogens is 2. The van der Waals surface area contributed by atoms with Gasteiger partial charge in [0.1, 0.15) is 34.7 Å². The molecule has 19 heteroatoms. The number of nitrogen functional groups attached to an aromatic ring is 2. The lowest BCUT2D eigenvalue weighted by molar-refractivity contribution is -0.112. The Morgan fingerprint density at radius 1 is 0.764 bits per heavy atom. The smallest absolute Gasteiger partial charge is 0.410 e. The summed E-state index contributed by atoms with van der Waals surface area (Å²) < 4.78 is 12.6. The lowest BCUT2D eigenvalue weighted by Crippen LogP contribution is -2.43. The fraction of sp³-hybridized carbons (Fsp3) is 0.434. The SMILES string of the molecule is CC(C)(C)OC(=O)N1CCCC(C=O)C1.CC(C)(C)OC(=O)N1CCCC(c2nc3c(Br)cccc3[nH]2)C1.N#Cc1cccc(-c2ccnc3nc(C4CCCN(C#N)C4)[nH]c23)c1.Nc1cccc(Br)c1N. The first-order valence-corrected chi connectivity index (χ1v) is 25.7. The van der Waals surface area contributed by atoms with Crippen LogP contribution >= 0.6 is 31.9 Å². The number of ether oxygens (including phenoxy) is 2. The van der Waals surface area contributed by atoms with E-state index in [1.54, 1.807) is 33.0 Å². The molecule has 0 saturated carbocycles. The third-order valence-electron chi connectivity index (χ3n) is 12.0. The number of carbonyl (C=O) groups excluding carboxylic acids is 3. The fourth-order valence-corrected chi connectivity index (χ4v) is 9.32. The van der Waals surface area contributed by atoms with Crippen molar-refractivity contribution in [1.82, 2.24) is 39.6 Å². The number of anilines is 2. The number of nitrogens with two attached hydrogens (primary N) is 2. The number of carbonyl (C=O) groups is 3. The number of rotatable bonds is 4. The molecule has 0 bridgehead atoms. The number of likely N-dealkylation sites (tertiary alicyclic amines) is 3. The Bertz CT molecular complexity index is 2890. The molecule has 3 aromatic heterocycles. The highest BCUT2D eigenvalue weighted by Crippen LogP contribution is 2.32. The fourth-order valence-electron chi connectivity index (χ4n) is 8.48. The average Bonchev–Trinajstić information content (AvgIpc) is 4.02. The minimum absolute atomic E-state index is 0.0220. The number of aldehydes is 1.